The molecule has 1 N–H and O–H groups in total. The lowest BCUT2D eigenvalue weighted by Crippen LogP contribution is -2.43. The highest BCUT2D eigenvalue weighted by Gasteiger charge is 2.16. The average molecular weight is 414 g/mol. The zero-order chi connectivity index (χ0) is 21.8. The summed E-state index contributed by atoms with van der Waals surface area (Å²) in [5, 5.41) is 2.82. The Morgan fingerprint density at radius 1 is 0.903 bits per heavy atom. The fourth-order valence-electron chi connectivity index (χ4n) is 3.41. The van der Waals surface area contributed by atoms with Crippen molar-refractivity contribution in [3.05, 3.63) is 110 Å². The Morgan fingerprint density at radius 3 is 2.39 bits per heavy atom. The van der Waals surface area contributed by atoms with Crippen molar-refractivity contribution in [2.75, 3.05) is 0 Å². The summed E-state index contributed by atoms with van der Waals surface area (Å²) in [5.41, 5.74) is 2.35. The Morgan fingerprint density at radius 2 is 1.65 bits per heavy atom. The maximum Gasteiger partial charge on any atom is 0.332 e. The molecule has 156 valence electrons. The molecule has 2 aromatic carbocycles. The summed E-state index contributed by atoms with van der Waals surface area (Å²) >= 11 is 0. The van der Waals surface area contributed by atoms with Crippen LogP contribution in [0.15, 0.2) is 82.5 Å². The van der Waals surface area contributed by atoms with E-state index >= 15 is 0 Å². The number of carbonyl (C=O) groups is 1. The number of hydrogen-bond donors (Lipinski definition) is 1. The van der Waals surface area contributed by atoms with Crippen molar-refractivity contribution in [2.45, 2.75) is 26.6 Å². The first-order valence-corrected chi connectivity index (χ1v) is 9.97. The lowest BCUT2D eigenvalue weighted by molar-refractivity contribution is -0.121. The van der Waals surface area contributed by atoms with Gasteiger partial charge in [0.25, 0.3) is 5.56 Å². The number of rotatable bonds is 6. The molecule has 0 saturated carbocycles. The minimum Gasteiger partial charge on any atom is -0.350 e. The van der Waals surface area contributed by atoms with E-state index in [9.17, 15) is 14.4 Å². The number of nitrogens with one attached hydrogen (secondary N) is 1. The predicted octanol–water partition coefficient (Wildman–Crippen LogP) is 2.23. The van der Waals surface area contributed by atoms with Gasteiger partial charge in [-0.25, -0.2) is 9.78 Å². The fourth-order valence-corrected chi connectivity index (χ4v) is 3.41. The van der Waals surface area contributed by atoms with Crippen molar-refractivity contribution in [3.63, 3.8) is 0 Å². The minimum atomic E-state index is -0.541. The molecule has 2 heterocycles. The van der Waals surface area contributed by atoms with Gasteiger partial charge in [-0.05, 0) is 30.2 Å². The lowest BCUT2D eigenvalue weighted by Gasteiger charge is -2.14. The number of fused-ring (bicyclic) bond motifs is 1. The molecule has 0 fully saturated rings. The van der Waals surface area contributed by atoms with Crippen LogP contribution < -0.4 is 16.6 Å². The first-order valence-electron chi connectivity index (χ1n) is 9.97. The third-order valence-corrected chi connectivity index (χ3v) is 5.08. The van der Waals surface area contributed by atoms with Gasteiger partial charge in [0.05, 0.1) is 12.1 Å². The second-order valence-corrected chi connectivity index (χ2v) is 7.38. The molecule has 0 aliphatic rings. The van der Waals surface area contributed by atoms with E-state index in [1.54, 1.807) is 12.1 Å². The van der Waals surface area contributed by atoms with Crippen LogP contribution in [-0.2, 0) is 24.4 Å². The highest BCUT2D eigenvalue weighted by Crippen LogP contribution is 2.07. The van der Waals surface area contributed by atoms with Gasteiger partial charge < -0.3 is 5.32 Å². The van der Waals surface area contributed by atoms with Gasteiger partial charge in [0, 0.05) is 12.7 Å². The van der Waals surface area contributed by atoms with E-state index in [0.29, 0.717) is 12.1 Å². The van der Waals surface area contributed by atoms with Gasteiger partial charge in [-0.3, -0.25) is 18.7 Å². The van der Waals surface area contributed by atoms with Gasteiger partial charge >= 0.3 is 5.69 Å². The van der Waals surface area contributed by atoms with Gasteiger partial charge in [-0.15, -0.1) is 0 Å². The van der Waals surface area contributed by atoms with Crippen LogP contribution >= 0.6 is 0 Å². The van der Waals surface area contributed by atoms with E-state index in [4.69, 9.17) is 0 Å². The first kappa shape index (κ1) is 20.3. The van der Waals surface area contributed by atoms with Crippen LogP contribution in [0.25, 0.3) is 11.0 Å². The Balaban J connectivity index is 1.68. The molecule has 31 heavy (non-hydrogen) atoms. The molecule has 1 amide bonds. The van der Waals surface area contributed by atoms with Gasteiger partial charge in [-0.2, -0.15) is 0 Å². The molecule has 0 aliphatic heterocycles. The van der Waals surface area contributed by atoms with E-state index < -0.39 is 11.2 Å². The minimum absolute atomic E-state index is 0.107. The number of hydrogen-bond acceptors (Lipinski definition) is 4. The molecule has 0 unspecified atom stereocenters. The molecular formula is C24H22N4O3. The van der Waals surface area contributed by atoms with Crippen LogP contribution in [0.2, 0.25) is 0 Å². The number of pyridine rings is 1. The molecule has 0 radical (unpaired) electrons. The van der Waals surface area contributed by atoms with E-state index in [1.807, 2.05) is 61.5 Å². The zero-order valence-corrected chi connectivity index (χ0v) is 17.1. The number of benzene rings is 2. The highest BCUT2D eigenvalue weighted by atomic mass is 16.2. The number of amides is 1. The molecule has 4 rings (SSSR count). The van der Waals surface area contributed by atoms with E-state index in [-0.39, 0.29) is 24.5 Å². The summed E-state index contributed by atoms with van der Waals surface area (Å²) in [6, 6.07) is 20.4. The maximum atomic E-state index is 13.2. The number of nitrogens with zero attached hydrogens (tertiary/aromatic N) is 3. The van der Waals surface area contributed by atoms with Crippen LogP contribution in [-0.4, -0.2) is 20.0 Å². The highest BCUT2D eigenvalue weighted by molar-refractivity contribution is 5.79. The fraction of sp³-hybridized carbons (Fsp3) is 0.167. The number of aromatic nitrogens is 3. The Bertz CT molecular complexity index is 1340. The molecule has 0 atom stereocenters. The van der Waals surface area contributed by atoms with Crippen LogP contribution in [0.1, 0.15) is 16.7 Å². The molecule has 7 heteroatoms. The monoisotopic (exact) mass is 414 g/mol. The second-order valence-electron chi connectivity index (χ2n) is 7.38. The Hall–Kier alpha value is -4.00. The first-order chi connectivity index (χ1) is 15.0. The van der Waals surface area contributed by atoms with Crippen molar-refractivity contribution < 1.29 is 4.79 Å². The maximum absolute atomic E-state index is 13.2. The molecule has 4 aromatic rings. The topological polar surface area (TPSA) is 86.0 Å². The number of carbonyl (C=O) groups excluding carboxylic acids is 1. The summed E-state index contributed by atoms with van der Waals surface area (Å²) in [6.07, 6.45) is 1.50. The average Bonchev–Trinajstić information content (AvgIpc) is 2.80. The van der Waals surface area contributed by atoms with Crippen molar-refractivity contribution in [1.29, 1.82) is 0 Å². The smallest absolute Gasteiger partial charge is 0.332 e. The molecule has 7 nitrogen and oxygen atoms in total. The molecule has 0 aliphatic carbocycles. The van der Waals surface area contributed by atoms with Gasteiger partial charge in [0.1, 0.15) is 6.54 Å². The molecule has 2 aromatic heterocycles. The van der Waals surface area contributed by atoms with Crippen molar-refractivity contribution >= 4 is 16.9 Å². The third-order valence-electron chi connectivity index (χ3n) is 5.08. The van der Waals surface area contributed by atoms with Crippen LogP contribution in [0.3, 0.4) is 0 Å². The van der Waals surface area contributed by atoms with Crippen LogP contribution in [0.5, 0.6) is 0 Å². The van der Waals surface area contributed by atoms with Crippen LogP contribution in [0.4, 0.5) is 0 Å². The summed E-state index contributed by atoms with van der Waals surface area (Å²) < 4.78 is 2.43. The summed E-state index contributed by atoms with van der Waals surface area (Å²) in [4.78, 5) is 42.9. The largest absolute Gasteiger partial charge is 0.350 e. The standard InChI is InChI=1S/C24H22N4O3/c1-17-9-11-19(12-10-17)15-28-23(30)22-20(8-5-13-25-22)27(24(28)31)16-21(29)26-14-18-6-3-2-4-7-18/h2-13H,14-16H2,1H3,(H,26,29). The van der Waals surface area contributed by atoms with Crippen molar-refractivity contribution in [3.8, 4) is 0 Å². The molecule has 0 spiro atoms. The second kappa shape index (κ2) is 8.79. The lowest BCUT2D eigenvalue weighted by atomic mass is 10.1. The zero-order valence-electron chi connectivity index (χ0n) is 17.1. The molecule has 0 bridgehead atoms. The summed E-state index contributed by atoms with van der Waals surface area (Å²) in [7, 11) is 0. The van der Waals surface area contributed by atoms with Crippen molar-refractivity contribution in [2.24, 2.45) is 0 Å². The quantitative estimate of drug-likeness (QED) is 0.524. The molecule has 0 saturated heterocycles. The van der Waals surface area contributed by atoms with E-state index in [1.165, 1.54) is 10.8 Å². The number of aryl methyl sites for hydroxylation is 1. The SMILES string of the molecule is Cc1ccc(Cn2c(=O)c3ncccc3n(CC(=O)NCc3ccccc3)c2=O)cc1. The van der Waals surface area contributed by atoms with Crippen LogP contribution in [0, 0.1) is 6.92 Å². The summed E-state index contributed by atoms with van der Waals surface area (Å²) in [6.45, 7) is 2.22. The van der Waals surface area contributed by atoms with Gasteiger partial charge in [0.2, 0.25) is 5.91 Å². The Kier molecular flexibility index (Phi) is 5.75. The molecular weight excluding hydrogens is 392 g/mol. The summed E-state index contributed by atoms with van der Waals surface area (Å²) in [5.74, 6) is -0.323. The van der Waals surface area contributed by atoms with Gasteiger partial charge in [-0.1, -0.05) is 60.2 Å². The third kappa shape index (κ3) is 4.45. The van der Waals surface area contributed by atoms with E-state index in [2.05, 4.69) is 10.3 Å². The van der Waals surface area contributed by atoms with Gasteiger partial charge in [0.15, 0.2) is 5.52 Å². The normalized spacial score (nSPS) is 10.9. The van der Waals surface area contributed by atoms with E-state index in [0.717, 1.165) is 21.3 Å². The van der Waals surface area contributed by atoms with Crippen molar-refractivity contribution in [1.82, 2.24) is 19.4 Å². The predicted molar refractivity (Wildman–Crippen MR) is 119 cm³/mol. The Labute approximate surface area is 178 Å².